The molecule has 0 bridgehead atoms. The maximum Gasteiger partial charge on any atom is 0.198 e. The summed E-state index contributed by atoms with van der Waals surface area (Å²) in [6.45, 7) is 0. The Hall–Kier alpha value is -2.42. The Morgan fingerprint density at radius 1 is 1.00 bits per heavy atom. The number of ketones is 2. The first-order valence-electron chi connectivity index (χ1n) is 5.51. The maximum absolute atomic E-state index is 12.4. The van der Waals surface area contributed by atoms with Crippen LogP contribution in [0.15, 0.2) is 36.4 Å². The molecule has 1 aliphatic carbocycles. The number of benzene rings is 2. The summed E-state index contributed by atoms with van der Waals surface area (Å²) >= 11 is 0. The van der Waals surface area contributed by atoms with Gasteiger partial charge in [-0.25, -0.2) is 0 Å². The lowest BCUT2D eigenvalue weighted by atomic mass is 9.84. The van der Waals surface area contributed by atoms with E-state index in [1.54, 1.807) is 36.4 Å². The van der Waals surface area contributed by atoms with Crippen molar-refractivity contribution in [1.82, 2.24) is 0 Å². The van der Waals surface area contributed by atoms with Crippen molar-refractivity contribution in [3.63, 3.8) is 0 Å². The van der Waals surface area contributed by atoms with E-state index in [1.165, 1.54) is 7.11 Å². The highest BCUT2D eigenvalue weighted by Crippen LogP contribution is 2.32. The van der Waals surface area contributed by atoms with Gasteiger partial charge in [-0.1, -0.05) is 30.3 Å². The van der Waals surface area contributed by atoms with Crippen molar-refractivity contribution in [3.8, 4) is 5.75 Å². The summed E-state index contributed by atoms with van der Waals surface area (Å²) in [6.07, 6.45) is 0. The molecule has 18 heavy (non-hydrogen) atoms. The van der Waals surface area contributed by atoms with E-state index < -0.39 is 0 Å². The van der Waals surface area contributed by atoms with Crippen LogP contribution >= 0.6 is 0 Å². The van der Waals surface area contributed by atoms with Gasteiger partial charge in [0.1, 0.15) is 5.75 Å². The second-order valence-corrected chi connectivity index (χ2v) is 4.00. The zero-order chi connectivity index (χ0) is 12.7. The number of carbonyl (C=O) groups excluding carboxylic acids is 2. The van der Waals surface area contributed by atoms with Gasteiger partial charge in [-0.05, 0) is 12.1 Å². The molecule has 2 aromatic carbocycles. The highest BCUT2D eigenvalue weighted by atomic mass is 16.5. The molecule has 0 unspecified atom stereocenters. The third kappa shape index (κ3) is 1.31. The van der Waals surface area contributed by atoms with Crippen molar-refractivity contribution in [2.24, 2.45) is 0 Å². The van der Waals surface area contributed by atoms with Crippen LogP contribution < -0.4 is 4.74 Å². The van der Waals surface area contributed by atoms with Crippen molar-refractivity contribution in [1.29, 1.82) is 0 Å². The van der Waals surface area contributed by atoms with Gasteiger partial charge >= 0.3 is 0 Å². The Morgan fingerprint density at radius 2 is 1.78 bits per heavy atom. The molecule has 2 aromatic rings. The minimum absolute atomic E-state index is 0.181. The number of carbonyl (C=O) groups is 2. The summed E-state index contributed by atoms with van der Waals surface area (Å²) in [7, 11) is 1.49. The standard InChI is InChI=1S/C15H9O3/c1-18-12-8-4-7-11-13(12)15(17)10-6-3-2-5-9(10)14(11)16/h2-4,6-8H,1H3. The largest absolute Gasteiger partial charge is 0.496 e. The average molecular weight is 237 g/mol. The monoisotopic (exact) mass is 237 g/mol. The molecule has 3 heteroatoms. The Labute approximate surface area is 104 Å². The minimum Gasteiger partial charge on any atom is -0.496 e. The third-order valence-corrected chi connectivity index (χ3v) is 3.05. The highest BCUT2D eigenvalue weighted by Gasteiger charge is 2.31. The van der Waals surface area contributed by atoms with Crippen molar-refractivity contribution in [2.45, 2.75) is 0 Å². The summed E-state index contributed by atoms with van der Waals surface area (Å²) in [5.41, 5.74) is 1.45. The van der Waals surface area contributed by atoms with Crippen LogP contribution in [-0.4, -0.2) is 18.7 Å². The summed E-state index contributed by atoms with van der Waals surface area (Å²) in [6, 6.07) is 12.8. The molecule has 1 radical (unpaired) electrons. The van der Waals surface area contributed by atoms with E-state index in [0.29, 0.717) is 28.0 Å². The van der Waals surface area contributed by atoms with Crippen LogP contribution in [0, 0.1) is 6.07 Å². The number of hydrogen-bond acceptors (Lipinski definition) is 3. The Kier molecular flexibility index (Phi) is 2.27. The van der Waals surface area contributed by atoms with E-state index in [2.05, 4.69) is 6.07 Å². The molecular weight excluding hydrogens is 228 g/mol. The van der Waals surface area contributed by atoms with Crippen molar-refractivity contribution in [3.05, 3.63) is 64.7 Å². The summed E-state index contributed by atoms with van der Waals surface area (Å²) in [5, 5.41) is 0. The van der Waals surface area contributed by atoms with Gasteiger partial charge in [0.15, 0.2) is 11.6 Å². The van der Waals surface area contributed by atoms with Crippen molar-refractivity contribution >= 4 is 11.6 Å². The lowest BCUT2D eigenvalue weighted by molar-refractivity contribution is 0.0976. The zero-order valence-corrected chi connectivity index (χ0v) is 9.69. The van der Waals surface area contributed by atoms with Gasteiger partial charge in [-0.15, -0.1) is 0 Å². The second kappa shape index (κ2) is 3.81. The quantitative estimate of drug-likeness (QED) is 0.652. The Balaban J connectivity index is 2.34. The molecule has 0 spiro atoms. The molecule has 1 aliphatic rings. The molecule has 0 fully saturated rings. The van der Waals surface area contributed by atoms with Crippen LogP contribution in [0.1, 0.15) is 31.8 Å². The van der Waals surface area contributed by atoms with Gasteiger partial charge in [-0.3, -0.25) is 9.59 Å². The fourth-order valence-electron chi connectivity index (χ4n) is 2.21. The number of hydrogen-bond donors (Lipinski definition) is 0. The van der Waals surface area contributed by atoms with Crippen molar-refractivity contribution in [2.75, 3.05) is 7.11 Å². The SMILES string of the molecule is COc1cccc2c1C(=O)c1ccc[c]c1C2=O. The number of rotatable bonds is 1. The molecule has 87 valence electrons. The predicted molar refractivity (Wildman–Crippen MR) is 65.1 cm³/mol. The zero-order valence-electron chi connectivity index (χ0n) is 9.69. The topological polar surface area (TPSA) is 43.4 Å². The van der Waals surface area contributed by atoms with Crippen LogP contribution in [-0.2, 0) is 0 Å². The first-order chi connectivity index (χ1) is 8.74. The van der Waals surface area contributed by atoms with Gasteiger partial charge in [-0.2, -0.15) is 0 Å². The van der Waals surface area contributed by atoms with E-state index in [-0.39, 0.29) is 11.6 Å². The molecule has 0 saturated heterocycles. The number of ether oxygens (including phenoxy) is 1. The van der Waals surface area contributed by atoms with E-state index in [4.69, 9.17) is 4.74 Å². The van der Waals surface area contributed by atoms with E-state index >= 15 is 0 Å². The fraction of sp³-hybridized carbons (Fsp3) is 0.0667. The molecule has 0 N–H and O–H groups in total. The normalized spacial score (nSPS) is 12.9. The van der Waals surface area contributed by atoms with E-state index in [0.717, 1.165) is 0 Å². The van der Waals surface area contributed by atoms with Crippen LogP contribution in [0.25, 0.3) is 0 Å². The maximum atomic E-state index is 12.4. The van der Waals surface area contributed by atoms with Gasteiger partial charge in [0.25, 0.3) is 0 Å². The predicted octanol–water partition coefficient (Wildman–Crippen LogP) is 2.27. The molecular formula is C15H9O3. The first-order valence-corrected chi connectivity index (χ1v) is 5.51. The molecule has 0 atom stereocenters. The van der Waals surface area contributed by atoms with Gasteiger partial charge in [0.2, 0.25) is 0 Å². The van der Waals surface area contributed by atoms with Crippen molar-refractivity contribution < 1.29 is 14.3 Å². The number of methoxy groups -OCH3 is 1. The van der Waals surface area contributed by atoms with Gasteiger partial charge in [0.05, 0.1) is 12.7 Å². The summed E-state index contributed by atoms with van der Waals surface area (Å²) < 4.78 is 5.16. The molecule has 0 aromatic heterocycles. The highest BCUT2D eigenvalue weighted by molar-refractivity contribution is 6.29. The minimum atomic E-state index is -0.186. The van der Waals surface area contributed by atoms with Gasteiger partial charge in [0, 0.05) is 16.7 Å². The third-order valence-electron chi connectivity index (χ3n) is 3.05. The first kappa shape index (κ1) is 10.7. The van der Waals surface area contributed by atoms with Crippen LogP contribution in [0.3, 0.4) is 0 Å². The van der Waals surface area contributed by atoms with Crippen LogP contribution in [0.5, 0.6) is 5.75 Å². The summed E-state index contributed by atoms with van der Waals surface area (Å²) in [5.74, 6) is 0.0633. The van der Waals surface area contributed by atoms with Gasteiger partial charge < -0.3 is 4.74 Å². The fourth-order valence-corrected chi connectivity index (χ4v) is 2.21. The second-order valence-electron chi connectivity index (χ2n) is 4.00. The number of fused-ring (bicyclic) bond motifs is 2. The van der Waals surface area contributed by atoms with E-state index in [9.17, 15) is 9.59 Å². The van der Waals surface area contributed by atoms with Crippen LogP contribution in [0.4, 0.5) is 0 Å². The lowest BCUT2D eigenvalue weighted by Gasteiger charge is -2.18. The molecule has 3 nitrogen and oxygen atoms in total. The summed E-state index contributed by atoms with van der Waals surface area (Å²) in [4.78, 5) is 24.7. The molecule has 0 amide bonds. The Bertz CT molecular complexity index is 671. The molecule has 3 rings (SSSR count). The molecule has 0 aliphatic heterocycles. The molecule has 0 saturated carbocycles. The van der Waals surface area contributed by atoms with Crippen LogP contribution in [0.2, 0.25) is 0 Å². The molecule has 0 heterocycles. The lowest BCUT2D eigenvalue weighted by Crippen LogP contribution is -2.21. The van der Waals surface area contributed by atoms with E-state index in [1.807, 2.05) is 0 Å². The average Bonchev–Trinajstić information content (AvgIpc) is 2.44. The Morgan fingerprint density at radius 3 is 2.56 bits per heavy atom. The smallest absolute Gasteiger partial charge is 0.198 e.